The van der Waals surface area contributed by atoms with Gasteiger partial charge in [0, 0.05) is 39.3 Å². The van der Waals surface area contributed by atoms with E-state index in [1.165, 1.54) is 5.56 Å². The van der Waals surface area contributed by atoms with Crippen LogP contribution in [0, 0.1) is 0 Å². The van der Waals surface area contributed by atoms with Crippen LogP contribution in [0.3, 0.4) is 0 Å². The molecule has 1 aliphatic rings. The predicted molar refractivity (Wildman–Crippen MR) is 118 cm³/mol. The van der Waals surface area contributed by atoms with Crippen LogP contribution in [0.25, 0.3) is 0 Å². The third kappa shape index (κ3) is 9.05. The Hall–Kier alpha value is -1.06. The molecule has 1 aromatic carbocycles. The fourth-order valence-electron chi connectivity index (χ4n) is 2.77. The molecule has 0 spiro atoms. The summed E-state index contributed by atoms with van der Waals surface area (Å²) in [6.07, 6.45) is 2.04. The van der Waals surface area contributed by atoms with E-state index in [4.69, 9.17) is 9.47 Å². The van der Waals surface area contributed by atoms with E-state index >= 15 is 0 Å². The Morgan fingerprint density at radius 1 is 1.19 bits per heavy atom. The maximum Gasteiger partial charge on any atom is 0.191 e. The van der Waals surface area contributed by atoms with Gasteiger partial charge < -0.3 is 20.1 Å². The maximum atomic E-state index is 5.37. The van der Waals surface area contributed by atoms with Crippen LogP contribution in [0.2, 0.25) is 0 Å². The minimum absolute atomic E-state index is 0. The molecular weight excluding hydrogens is 443 g/mol. The van der Waals surface area contributed by atoms with Crippen molar-refractivity contribution in [3.05, 3.63) is 29.8 Å². The van der Waals surface area contributed by atoms with Gasteiger partial charge in [0.25, 0.3) is 0 Å². The number of nitrogens with one attached hydrogen (secondary N) is 2. The molecule has 1 aliphatic heterocycles. The van der Waals surface area contributed by atoms with Crippen molar-refractivity contribution < 1.29 is 9.47 Å². The summed E-state index contributed by atoms with van der Waals surface area (Å²) < 4.78 is 10.6. The Labute approximate surface area is 174 Å². The topological polar surface area (TPSA) is 58.1 Å². The number of rotatable bonds is 9. The normalized spacial score (nSPS) is 15.2. The molecule has 0 bridgehead atoms. The van der Waals surface area contributed by atoms with E-state index in [1.807, 2.05) is 12.1 Å². The fourth-order valence-corrected chi connectivity index (χ4v) is 2.77. The summed E-state index contributed by atoms with van der Waals surface area (Å²) in [6, 6.07) is 8.21. The van der Waals surface area contributed by atoms with Gasteiger partial charge in [-0.1, -0.05) is 12.1 Å². The number of halogens is 1. The van der Waals surface area contributed by atoms with Gasteiger partial charge in [0.15, 0.2) is 5.96 Å². The van der Waals surface area contributed by atoms with Gasteiger partial charge >= 0.3 is 0 Å². The minimum Gasteiger partial charge on any atom is -0.497 e. The monoisotopic (exact) mass is 476 g/mol. The summed E-state index contributed by atoms with van der Waals surface area (Å²) >= 11 is 0. The first kappa shape index (κ1) is 23.0. The van der Waals surface area contributed by atoms with Crippen LogP contribution in [0.5, 0.6) is 5.75 Å². The van der Waals surface area contributed by atoms with Crippen molar-refractivity contribution >= 4 is 29.9 Å². The first-order chi connectivity index (χ1) is 12.3. The number of methoxy groups -OCH3 is 1. The highest BCUT2D eigenvalue weighted by Gasteiger charge is 2.09. The molecule has 1 saturated heterocycles. The molecule has 26 heavy (non-hydrogen) atoms. The lowest BCUT2D eigenvalue weighted by atomic mass is 10.1. The van der Waals surface area contributed by atoms with Crippen molar-refractivity contribution in [3.8, 4) is 5.75 Å². The number of hydrogen-bond acceptors (Lipinski definition) is 4. The van der Waals surface area contributed by atoms with E-state index in [-0.39, 0.29) is 24.0 Å². The van der Waals surface area contributed by atoms with Crippen molar-refractivity contribution in [1.29, 1.82) is 0 Å². The molecule has 0 saturated carbocycles. The molecule has 0 radical (unpaired) electrons. The standard InChI is InChI=1S/C19H32N4O2.HI/c1-3-20-19(21-10-4-12-23-13-15-25-16-14-23)22-11-9-17-5-7-18(24-2)8-6-17;/h5-8H,3-4,9-16H2,1-2H3,(H2,20,21,22);1H. The second-order valence-corrected chi connectivity index (χ2v) is 6.09. The quantitative estimate of drug-likeness (QED) is 0.248. The highest BCUT2D eigenvalue weighted by atomic mass is 127. The molecule has 0 amide bonds. The molecule has 6 nitrogen and oxygen atoms in total. The van der Waals surface area contributed by atoms with E-state index in [2.05, 4.69) is 39.6 Å². The van der Waals surface area contributed by atoms with E-state index in [9.17, 15) is 0 Å². The SMILES string of the molecule is CCNC(=NCCCN1CCOCC1)NCCc1ccc(OC)cc1.I. The summed E-state index contributed by atoms with van der Waals surface area (Å²) in [6.45, 7) is 9.58. The van der Waals surface area contributed by atoms with Gasteiger partial charge in [-0.25, -0.2) is 0 Å². The van der Waals surface area contributed by atoms with Crippen LogP contribution < -0.4 is 15.4 Å². The molecule has 2 rings (SSSR count). The molecule has 1 fully saturated rings. The highest BCUT2D eigenvalue weighted by molar-refractivity contribution is 14.0. The minimum atomic E-state index is 0. The molecule has 0 atom stereocenters. The van der Waals surface area contributed by atoms with Gasteiger partial charge in [0.05, 0.1) is 20.3 Å². The first-order valence-electron chi connectivity index (χ1n) is 9.27. The number of guanidine groups is 1. The lowest BCUT2D eigenvalue weighted by molar-refractivity contribution is 0.0377. The Morgan fingerprint density at radius 2 is 1.92 bits per heavy atom. The summed E-state index contributed by atoms with van der Waals surface area (Å²) in [5, 5.41) is 6.72. The van der Waals surface area contributed by atoms with Crippen LogP contribution in [-0.2, 0) is 11.2 Å². The third-order valence-electron chi connectivity index (χ3n) is 4.22. The van der Waals surface area contributed by atoms with Crippen LogP contribution in [0.4, 0.5) is 0 Å². The Kier molecular flexibility index (Phi) is 12.4. The molecule has 7 heteroatoms. The number of morpholine rings is 1. The zero-order valence-electron chi connectivity index (χ0n) is 16.0. The van der Waals surface area contributed by atoms with Crippen molar-refractivity contribution in [2.45, 2.75) is 19.8 Å². The van der Waals surface area contributed by atoms with Gasteiger partial charge in [0.1, 0.15) is 5.75 Å². The first-order valence-corrected chi connectivity index (χ1v) is 9.27. The largest absolute Gasteiger partial charge is 0.497 e. The van der Waals surface area contributed by atoms with Gasteiger partial charge in [-0.3, -0.25) is 9.89 Å². The van der Waals surface area contributed by atoms with E-state index in [0.29, 0.717) is 0 Å². The smallest absolute Gasteiger partial charge is 0.191 e. The lowest BCUT2D eigenvalue weighted by Crippen LogP contribution is -2.39. The van der Waals surface area contributed by atoms with Crippen molar-refractivity contribution in [2.75, 3.05) is 59.6 Å². The molecule has 148 valence electrons. The van der Waals surface area contributed by atoms with Crippen molar-refractivity contribution in [3.63, 3.8) is 0 Å². The van der Waals surface area contributed by atoms with Gasteiger partial charge in [-0.15, -0.1) is 24.0 Å². The average Bonchev–Trinajstić information content (AvgIpc) is 2.66. The molecule has 2 N–H and O–H groups in total. The zero-order chi connectivity index (χ0) is 17.7. The maximum absolute atomic E-state index is 5.37. The molecule has 1 aromatic rings. The summed E-state index contributed by atoms with van der Waals surface area (Å²) in [5.74, 6) is 1.80. The average molecular weight is 476 g/mol. The molecular formula is C19H33IN4O2. The molecule has 0 unspecified atom stereocenters. The number of ether oxygens (including phenoxy) is 2. The van der Waals surface area contributed by atoms with Crippen LogP contribution >= 0.6 is 24.0 Å². The van der Waals surface area contributed by atoms with E-state index in [1.54, 1.807) is 7.11 Å². The number of nitrogens with zero attached hydrogens (tertiary/aromatic N) is 2. The summed E-state index contributed by atoms with van der Waals surface area (Å²) in [7, 11) is 1.69. The molecule has 1 heterocycles. The van der Waals surface area contributed by atoms with Gasteiger partial charge in [-0.2, -0.15) is 0 Å². The second-order valence-electron chi connectivity index (χ2n) is 6.09. The van der Waals surface area contributed by atoms with Crippen molar-refractivity contribution in [1.82, 2.24) is 15.5 Å². The Balaban J connectivity index is 0.00000338. The second kappa shape index (κ2) is 14.1. The van der Waals surface area contributed by atoms with Gasteiger partial charge in [-0.05, 0) is 37.5 Å². The highest BCUT2D eigenvalue weighted by Crippen LogP contribution is 2.11. The van der Waals surface area contributed by atoms with Crippen molar-refractivity contribution in [2.24, 2.45) is 4.99 Å². The summed E-state index contributed by atoms with van der Waals surface area (Å²) in [4.78, 5) is 7.12. The predicted octanol–water partition coefficient (Wildman–Crippen LogP) is 2.13. The molecule has 0 aromatic heterocycles. The molecule has 0 aliphatic carbocycles. The van der Waals surface area contributed by atoms with E-state index in [0.717, 1.165) is 77.0 Å². The number of hydrogen-bond donors (Lipinski definition) is 2. The van der Waals surface area contributed by atoms with Crippen LogP contribution in [0.15, 0.2) is 29.3 Å². The Morgan fingerprint density at radius 3 is 2.58 bits per heavy atom. The van der Waals surface area contributed by atoms with Gasteiger partial charge in [0.2, 0.25) is 0 Å². The Bertz CT molecular complexity index is 505. The van der Waals surface area contributed by atoms with Crippen LogP contribution in [0.1, 0.15) is 18.9 Å². The summed E-state index contributed by atoms with van der Waals surface area (Å²) in [5.41, 5.74) is 1.29. The zero-order valence-corrected chi connectivity index (χ0v) is 18.3. The number of benzene rings is 1. The third-order valence-corrected chi connectivity index (χ3v) is 4.22. The van der Waals surface area contributed by atoms with E-state index < -0.39 is 0 Å². The lowest BCUT2D eigenvalue weighted by Gasteiger charge is -2.26. The van der Waals surface area contributed by atoms with Crippen LogP contribution in [-0.4, -0.2) is 70.5 Å². The fraction of sp³-hybridized carbons (Fsp3) is 0.632. The number of aliphatic imine (C=N–C) groups is 1.